The van der Waals surface area contributed by atoms with Crippen LogP contribution in [0.1, 0.15) is 335 Å². The monoisotopic (exact) mass is 2120 g/mol. The first-order chi connectivity index (χ1) is 64.8. The Balaban J connectivity index is -0.000000244. The van der Waals surface area contributed by atoms with Crippen molar-refractivity contribution in [1.82, 2.24) is 31.9 Å². The second-order valence-corrected chi connectivity index (χ2v) is 46.2. The lowest BCUT2D eigenvalue weighted by Gasteiger charge is -2.37. The average Bonchev–Trinajstić information content (AvgIpc) is 0.894. The topological polar surface area (TPSA) is 614 Å². The van der Waals surface area contributed by atoms with E-state index >= 15 is 0 Å². The van der Waals surface area contributed by atoms with Gasteiger partial charge in [0.05, 0.1) is 111 Å². The Morgan fingerprint density at radius 3 is 0.789 bits per heavy atom. The number of rotatable bonds is 66. The van der Waals surface area contributed by atoms with Crippen LogP contribution in [0, 0.1) is 43.3 Å². The van der Waals surface area contributed by atoms with Gasteiger partial charge in [-0.3, -0.25) is 57.0 Å². The number of quaternary nitrogens is 2. The molecule has 0 saturated heterocycles. The summed E-state index contributed by atoms with van der Waals surface area (Å²) in [6, 6.07) is 0. The van der Waals surface area contributed by atoms with Crippen molar-refractivity contribution >= 4 is 107 Å². The van der Waals surface area contributed by atoms with Crippen LogP contribution in [0.2, 0.25) is 0 Å². The molecule has 0 saturated carbocycles. The van der Waals surface area contributed by atoms with E-state index in [0.717, 1.165) is 106 Å². The second kappa shape index (κ2) is 77.7. The highest BCUT2D eigenvalue weighted by Crippen LogP contribution is 2.36. The molecule has 0 unspecified atom stereocenters. The maximum Gasteiger partial charge on any atom is 0.469 e. The molecule has 0 aliphatic carbocycles. The lowest BCUT2D eigenvalue weighted by Crippen LogP contribution is -2.50. The molecule has 0 aliphatic rings. The Morgan fingerprint density at radius 1 is 0.331 bits per heavy atom. The first kappa shape index (κ1) is 151. The molecule has 44 heteroatoms. The Kier molecular flexibility index (Phi) is 82.5. The van der Waals surface area contributed by atoms with Gasteiger partial charge in [-0.05, 0) is 158 Å². The normalized spacial score (nSPS) is 12.0. The number of phosphoric acid groups is 2. The van der Waals surface area contributed by atoms with Crippen LogP contribution in [0.4, 0.5) is 0 Å². The summed E-state index contributed by atoms with van der Waals surface area (Å²) in [6.07, 6.45) is 14.1. The fraction of sp³-hybridized carbons (Fsp3) is 0.837. The number of nitrogens with one attached hydrogen (secondary N) is 6. The van der Waals surface area contributed by atoms with Gasteiger partial charge < -0.3 is 100.0 Å². The molecule has 0 spiro atoms. The summed E-state index contributed by atoms with van der Waals surface area (Å²) in [7, 11) is -13.0. The summed E-state index contributed by atoms with van der Waals surface area (Å²) in [4.78, 5) is 172. The van der Waals surface area contributed by atoms with Crippen molar-refractivity contribution in [2.45, 2.75) is 335 Å². The van der Waals surface area contributed by atoms with Crippen molar-refractivity contribution in [2.24, 2.45) is 54.8 Å². The van der Waals surface area contributed by atoms with Gasteiger partial charge in [-0.25, -0.2) is 35.6 Å². The van der Waals surface area contributed by atoms with E-state index in [4.69, 9.17) is 50.0 Å². The number of Topliss-reactive ketones (excluding diaryl/α,β-unsaturated/α-hetero) is 2. The summed E-state index contributed by atoms with van der Waals surface area (Å²) in [6.45, 7) is 69.6. The van der Waals surface area contributed by atoms with E-state index in [2.05, 4.69) is 82.0 Å². The zero-order valence-corrected chi connectivity index (χ0v) is 96.1. The SMILES string of the molecule is C=C(C)C(=O)OCCCC(=O)CCCNC(=O)C(C)(C)CC.C=C(C)C(=O)OCCCC(=O)CCCNC(=O)C(C)(C)CC.CCC(C)(C)C(=O)NCCC[N+](C)(C)CCCCS(=O)(=O)[O-].CCC(C)(C)C(=O)NCCC[N+](CC)(CC)CCCCS(=O)(=O)[O-].CCC(C)(C)C(=O)NCCN.CCC(C)(C)C(=O)NCCN.CCC(C)(C)C(=O)OCCOP(=O)(O)O.CCC(C)(C)C(=O)OCCOP(=O)(O)O. The molecule has 0 aliphatic heterocycles. The number of carbonyl (C=O) groups is 12. The van der Waals surface area contributed by atoms with Crippen molar-refractivity contribution in [3.8, 4) is 0 Å². The number of hydrogen-bond acceptors (Lipinski definition) is 28. The van der Waals surface area contributed by atoms with E-state index in [1.54, 1.807) is 41.5 Å². The van der Waals surface area contributed by atoms with Crippen molar-refractivity contribution in [3.05, 3.63) is 24.3 Å². The van der Waals surface area contributed by atoms with E-state index < -0.39 is 70.6 Å². The number of unbranched alkanes of at least 4 members (excludes halogenated alkanes) is 2. The van der Waals surface area contributed by atoms with Gasteiger partial charge >= 0.3 is 39.5 Å². The minimum Gasteiger partial charge on any atom is -0.748 e. The highest BCUT2D eigenvalue weighted by atomic mass is 32.2. The van der Waals surface area contributed by atoms with Crippen LogP contribution in [0.15, 0.2) is 24.3 Å². The van der Waals surface area contributed by atoms with E-state index in [-0.39, 0.29) is 131 Å². The number of nitrogens with two attached hydrogens (primary N) is 2. The summed E-state index contributed by atoms with van der Waals surface area (Å²) in [5, 5.41) is 17.2. The fourth-order valence-corrected chi connectivity index (χ4v) is 12.1. The van der Waals surface area contributed by atoms with Crippen LogP contribution in [0.25, 0.3) is 0 Å². The largest absolute Gasteiger partial charge is 0.748 e. The molecule has 6 amide bonds. The third kappa shape index (κ3) is 85.5. The summed E-state index contributed by atoms with van der Waals surface area (Å²) >= 11 is 0. The van der Waals surface area contributed by atoms with Crippen molar-refractivity contribution in [3.63, 3.8) is 0 Å². The zero-order chi connectivity index (χ0) is 113. The van der Waals surface area contributed by atoms with Crippen molar-refractivity contribution < 1.29 is 149 Å². The molecule has 0 bridgehead atoms. The van der Waals surface area contributed by atoms with Gasteiger partial charge in [-0.1, -0.05) is 152 Å². The average molecular weight is 2120 g/mol. The molecule has 142 heavy (non-hydrogen) atoms. The summed E-state index contributed by atoms with van der Waals surface area (Å²) in [5.41, 5.74) is 8.16. The molecule has 0 atom stereocenters. The van der Waals surface area contributed by atoms with Crippen LogP contribution < -0.4 is 43.4 Å². The molecule has 40 nitrogen and oxygen atoms in total. The third-order valence-corrected chi connectivity index (χ3v) is 27.0. The number of ether oxygens (including phenoxy) is 4. The van der Waals surface area contributed by atoms with Gasteiger partial charge in [0, 0.05) is 146 Å². The Hall–Kier alpha value is -6.60. The number of carbonyl (C=O) groups excluding carboxylic acids is 12. The number of ketones is 2. The molecule has 0 rings (SSSR count). The van der Waals surface area contributed by atoms with E-state index in [1.165, 1.54) is 0 Å². The van der Waals surface area contributed by atoms with Gasteiger partial charge in [0.2, 0.25) is 35.4 Å². The smallest absolute Gasteiger partial charge is 0.469 e. The molecule has 0 fully saturated rings. The molecular weight excluding hydrogens is 1920 g/mol. The van der Waals surface area contributed by atoms with Crippen LogP contribution in [-0.2, 0) is 115 Å². The Labute approximate surface area is 854 Å². The van der Waals surface area contributed by atoms with Crippen LogP contribution in [0.5, 0.6) is 0 Å². The molecule has 14 N–H and O–H groups in total. The number of phosphoric ester groups is 2. The number of amides is 6. The highest BCUT2D eigenvalue weighted by Gasteiger charge is 2.33. The summed E-state index contributed by atoms with van der Waals surface area (Å²) in [5.74, 6) is -1.57. The predicted molar refractivity (Wildman–Crippen MR) is 555 cm³/mol. The highest BCUT2D eigenvalue weighted by molar-refractivity contribution is 7.85. The fourth-order valence-electron chi connectivity index (χ4n) is 10.3. The molecule has 0 aromatic heterocycles. The Morgan fingerprint density at radius 2 is 0.556 bits per heavy atom. The molecule has 840 valence electrons. The summed E-state index contributed by atoms with van der Waals surface area (Å²) < 4.78 is 113. The second-order valence-electron chi connectivity index (χ2n) is 40.7. The van der Waals surface area contributed by atoms with Gasteiger partial charge in [-0.2, -0.15) is 0 Å². The van der Waals surface area contributed by atoms with Crippen LogP contribution in [0.3, 0.4) is 0 Å². The molecular formula is C98H196N10O30P2S2. The van der Waals surface area contributed by atoms with E-state index in [9.17, 15) is 92.6 Å². The van der Waals surface area contributed by atoms with Gasteiger partial charge in [0.15, 0.2) is 0 Å². The van der Waals surface area contributed by atoms with Crippen LogP contribution >= 0.6 is 15.6 Å². The minimum absolute atomic E-state index is 0.0224. The first-order valence-corrected chi connectivity index (χ1v) is 56.1. The first-order valence-electron chi connectivity index (χ1n) is 49.9. The van der Waals surface area contributed by atoms with E-state index in [0.29, 0.717) is 147 Å². The number of nitrogens with zero attached hydrogens (tertiary/aromatic N) is 2. The van der Waals surface area contributed by atoms with Gasteiger partial charge in [0.25, 0.3) is 0 Å². The van der Waals surface area contributed by atoms with E-state index in [1.807, 2.05) is 138 Å². The van der Waals surface area contributed by atoms with Gasteiger partial charge in [0.1, 0.15) is 24.8 Å². The number of esters is 4. The maximum atomic E-state index is 12.1. The molecule has 0 radical (unpaired) electrons. The lowest BCUT2D eigenvalue weighted by atomic mass is 9.89. The third-order valence-electron chi connectivity index (χ3n) is 24.4. The Bertz CT molecular complexity index is 3830. The zero-order valence-electron chi connectivity index (χ0n) is 92.7. The van der Waals surface area contributed by atoms with Crippen LogP contribution in [-0.4, -0.2) is 282 Å². The quantitative estimate of drug-likeness (QED) is 0.00512. The molecule has 0 aromatic carbocycles. The standard InChI is InChI=1S/C17H36N2O4S.2C17H29NO4.C15H32N2O4S.2C8H18N2O.2C8H17O6P/c1-6-17(4,5)16(20)18-12-11-14-19(7-2,8-3)13-9-10-15-24(21,22)23;2*1-6-17(4,5)16(21)18-11-7-9-14(19)10-8-12-22-15(20)13(2)3;1-6-15(2,3)14(18)16-10-9-12-17(4,5)11-7-8-13-22(19,20)21;2*1-4-8(2,3)7(11)10-6-5-9;2*1-4-8(2,3)7(9)13-5-6-14-15(10,11)12/h6-15H2,1-5H3,(H-,18,20,21,22,23);2*2,6-12H2,1,3-5H3,(H,18,21);6-13H2,1-5H3,(H-,16,18,19,20,21);2*4-6,9H2,1-3H3,(H,10,11);2*4-6H2,1-3H3,(H2,10,11,12). The van der Waals surface area contributed by atoms with Crippen molar-refractivity contribution in [1.29, 1.82) is 0 Å². The predicted octanol–water partition coefficient (Wildman–Crippen LogP) is 12.2. The van der Waals surface area contributed by atoms with Gasteiger partial charge in [-0.15, -0.1) is 0 Å². The maximum absolute atomic E-state index is 12.1. The number of hydrogen-bond donors (Lipinski definition) is 12. The molecule has 0 aromatic rings. The van der Waals surface area contributed by atoms with Crippen molar-refractivity contribution in [2.75, 3.05) is 157 Å². The molecule has 0 heterocycles. The minimum atomic E-state index is -4.46. The lowest BCUT2D eigenvalue weighted by molar-refractivity contribution is -0.925.